The zero-order valence-corrected chi connectivity index (χ0v) is 9.01. The van der Waals surface area contributed by atoms with Gasteiger partial charge < -0.3 is 5.73 Å². The van der Waals surface area contributed by atoms with Crippen LogP contribution in [0.25, 0.3) is 5.65 Å². The second-order valence-corrected chi connectivity index (χ2v) is 3.92. The van der Waals surface area contributed by atoms with Crippen LogP contribution in [0.1, 0.15) is 18.4 Å². The van der Waals surface area contributed by atoms with E-state index in [4.69, 9.17) is 5.73 Å². The molecule has 0 bridgehead atoms. The van der Waals surface area contributed by atoms with Gasteiger partial charge in [0.05, 0.1) is 0 Å². The lowest BCUT2D eigenvalue weighted by Gasteiger charge is -2.05. The number of nitrogens with zero attached hydrogens (tertiary/aromatic N) is 4. The number of fused-ring (bicyclic) bond motifs is 1. The lowest BCUT2D eigenvalue weighted by Crippen LogP contribution is -2.14. The van der Waals surface area contributed by atoms with Gasteiger partial charge in [-0.25, -0.2) is 4.98 Å². The SMILES string of the molecule is Cc1cc2nnc(CC(C)CN)n2cn1. The van der Waals surface area contributed by atoms with Crippen LogP contribution < -0.4 is 5.73 Å². The normalized spacial score (nSPS) is 13.3. The molecule has 0 saturated heterocycles. The van der Waals surface area contributed by atoms with Crippen LogP contribution in [0.3, 0.4) is 0 Å². The molecule has 5 heteroatoms. The van der Waals surface area contributed by atoms with E-state index in [1.165, 1.54) is 0 Å². The van der Waals surface area contributed by atoms with Gasteiger partial charge in [0.2, 0.25) is 0 Å². The molecule has 0 fully saturated rings. The van der Waals surface area contributed by atoms with Crippen LogP contribution in [0.4, 0.5) is 0 Å². The van der Waals surface area contributed by atoms with Crippen molar-refractivity contribution >= 4 is 5.65 Å². The number of hydrogen-bond acceptors (Lipinski definition) is 4. The Hall–Kier alpha value is -1.49. The number of nitrogens with two attached hydrogens (primary N) is 1. The third kappa shape index (κ3) is 1.97. The van der Waals surface area contributed by atoms with Crippen molar-refractivity contribution in [1.82, 2.24) is 19.6 Å². The Morgan fingerprint density at radius 3 is 3.00 bits per heavy atom. The first-order valence-electron chi connectivity index (χ1n) is 5.07. The smallest absolute Gasteiger partial charge is 0.163 e. The summed E-state index contributed by atoms with van der Waals surface area (Å²) in [6.45, 7) is 4.70. The van der Waals surface area contributed by atoms with Gasteiger partial charge in [-0.1, -0.05) is 6.92 Å². The molecular formula is C10H15N5. The van der Waals surface area contributed by atoms with Crippen LogP contribution in [0.15, 0.2) is 12.4 Å². The highest BCUT2D eigenvalue weighted by Gasteiger charge is 2.09. The Balaban J connectivity index is 2.36. The fraction of sp³-hybridized carbons (Fsp3) is 0.500. The summed E-state index contributed by atoms with van der Waals surface area (Å²) >= 11 is 0. The lowest BCUT2D eigenvalue weighted by atomic mass is 10.1. The minimum Gasteiger partial charge on any atom is -0.330 e. The molecule has 15 heavy (non-hydrogen) atoms. The second-order valence-electron chi connectivity index (χ2n) is 3.92. The highest BCUT2D eigenvalue weighted by atomic mass is 15.3. The third-order valence-electron chi connectivity index (χ3n) is 2.44. The molecule has 80 valence electrons. The first-order valence-corrected chi connectivity index (χ1v) is 5.07. The van der Waals surface area contributed by atoms with E-state index in [0.29, 0.717) is 12.5 Å². The Bertz CT molecular complexity index is 462. The van der Waals surface area contributed by atoms with Crippen molar-refractivity contribution in [3.8, 4) is 0 Å². The van der Waals surface area contributed by atoms with Crippen LogP contribution in [0, 0.1) is 12.8 Å². The lowest BCUT2D eigenvalue weighted by molar-refractivity contribution is 0.569. The minimum absolute atomic E-state index is 0.415. The van der Waals surface area contributed by atoms with Gasteiger partial charge >= 0.3 is 0 Å². The van der Waals surface area contributed by atoms with Gasteiger partial charge in [0.1, 0.15) is 12.2 Å². The number of aryl methyl sites for hydroxylation is 1. The molecule has 2 rings (SSSR count). The molecule has 2 aromatic rings. The zero-order chi connectivity index (χ0) is 10.8. The number of hydrogen-bond donors (Lipinski definition) is 1. The summed E-state index contributed by atoms with van der Waals surface area (Å²) < 4.78 is 1.92. The molecule has 2 aromatic heterocycles. The average Bonchev–Trinajstić information content (AvgIpc) is 2.60. The monoisotopic (exact) mass is 205 g/mol. The van der Waals surface area contributed by atoms with Crippen molar-refractivity contribution < 1.29 is 0 Å². The molecule has 2 heterocycles. The summed E-state index contributed by atoms with van der Waals surface area (Å²) in [5.74, 6) is 1.34. The molecular weight excluding hydrogens is 190 g/mol. The van der Waals surface area contributed by atoms with E-state index < -0.39 is 0 Å². The highest BCUT2D eigenvalue weighted by molar-refractivity contribution is 5.37. The number of rotatable bonds is 3. The van der Waals surface area contributed by atoms with Crippen molar-refractivity contribution in [3.63, 3.8) is 0 Å². The van der Waals surface area contributed by atoms with Crippen molar-refractivity contribution in [2.45, 2.75) is 20.3 Å². The standard InChI is InChI=1S/C10H15N5/c1-7(5-11)3-9-13-14-10-4-8(2)12-6-15(9)10/h4,6-7H,3,5,11H2,1-2H3. The maximum absolute atomic E-state index is 5.58. The van der Waals surface area contributed by atoms with E-state index >= 15 is 0 Å². The van der Waals surface area contributed by atoms with Gasteiger partial charge in [-0.15, -0.1) is 10.2 Å². The molecule has 0 aliphatic carbocycles. The molecule has 2 N–H and O–H groups in total. The molecule has 0 radical (unpaired) electrons. The summed E-state index contributed by atoms with van der Waals surface area (Å²) in [4.78, 5) is 4.23. The molecule has 5 nitrogen and oxygen atoms in total. The summed E-state index contributed by atoms with van der Waals surface area (Å²) in [5.41, 5.74) is 7.38. The van der Waals surface area contributed by atoms with Crippen LogP contribution in [-0.2, 0) is 6.42 Å². The molecule has 0 aliphatic heterocycles. The molecule has 0 spiro atoms. The second kappa shape index (κ2) is 3.94. The molecule has 0 aromatic carbocycles. The zero-order valence-electron chi connectivity index (χ0n) is 9.01. The summed E-state index contributed by atoms with van der Waals surface area (Å²) in [7, 11) is 0. The molecule has 1 atom stereocenters. The van der Waals surface area contributed by atoms with Gasteiger partial charge in [-0.3, -0.25) is 4.40 Å². The third-order valence-corrected chi connectivity index (χ3v) is 2.44. The summed E-state index contributed by atoms with van der Waals surface area (Å²) in [5, 5.41) is 8.24. The summed E-state index contributed by atoms with van der Waals surface area (Å²) in [6, 6.07) is 1.92. The highest BCUT2D eigenvalue weighted by Crippen LogP contribution is 2.08. The molecule has 0 saturated carbocycles. The van der Waals surface area contributed by atoms with Gasteiger partial charge in [-0.05, 0) is 19.4 Å². The first kappa shape index (κ1) is 10.0. The first-order chi connectivity index (χ1) is 7.20. The van der Waals surface area contributed by atoms with Crippen LogP contribution in [0.2, 0.25) is 0 Å². The van der Waals surface area contributed by atoms with Crippen LogP contribution >= 0.6 is 0 Å². The maximum atomic E-state index is 5.58. The van der Waals surface area contributed by atoms with Gasteiger partial charge in [0, 0.05) is 18.2 Å². The summed E-state index contributed by atoms with van der Waals surface area (Å²) in [6.07, 6.45) is 2.60. The largest absolute Gasteiger partial charge is 0.330 e. The van der Waals surface area contributed by atoms with Crippen LogP contribution in [0.5, 0.6) is 0 Å². The molecule has 0 aliphatic rings. The predicted molar refractivity (Wildman–Crippen MR) is 57.4 cm³/mol. The van der Waals surface area contributed by atoms with E-state index in [2.05, 4.69) is 22.1 Å². The van der Waals surface area contributed by atoms with Gasteiger partial charge in [0.15, 0.2) is 5.65 Å². The molecule has 1 unspecified atom stereocenters. The number of aromatic nitrogens is 4. The van der Waals surface area contributed by atoms with Crippen molar-refractivity contribution in [1.29, 1.82) is 0 Å². The quantitative estimate of drug-likeness (QED) is 0.795. The van der Waals surface area contributed by atoms with Gasteiger partial charge in [0.25, 0.3) is 0 Å². The Morgan fingerprint density at radius 1 is 1.47 bits per heavy atom. The fourth-order valence-corrected chi connectivity index (χ4v) is 1.47. The van der Waals surface area contributed by atoms with Crippen LogP contribution in [-0.4, -0.2) is 26.1 Å². The minimum atomic E-state index is 0.415. The van der Waals surface area contributed by atoms with E-state index in [0.717, 1.165) is 23.6 Å². The van der Waals surface area contributed by atoms with E-state index in [1.807, 2.05) is 17.4 Å². The Morgan fingerprint density at radius 2 is 2.27 bits per heavy atom. The Labute approximate surface area is 88.3 Å². The van der Waals surface area contributed by atoms with Crippen molar-refractivity contribution in [2.24, 2.45) is 11.7 Å². The average molecular weight is 205 g/mol. The molecule has 0 amide bonds. The van der Waals surface area contributed by atoms with Crippen molar-refractivity contribution in [2.75, 3.05) is 6.54 Å². The maximum Gasteiger partial charge on any atom is 0.163 e. The van der Waals surface area contributed by atoms with E-state index in [-0.39, 0.29) is 0 Å². The van der Waals surface area contributed by atoms with E-state index in [1.54, 1.807) is 6.33 Å². The fourth-order valence-electron chi connectivity index (χ4n) is 1.47. The topological polar surface area (TPSA) is 69.1 Å². The van der Waals surface area contributed by atoms with E-state index in [9.17, 15) is 0 Å². The van der Waals surface area contributed by atoms with Crippen molar-refractivity contribution in [3.05, 3.63) is 23.9 Å². The Kier molecular flexibility index (Phi) is 2.64. The van der Waals surface area contributed by atoms with Gasteiger partial charge in [-0.2, -0.15) is 0 Å². The predicted octanol–water partition coefficient (Wildman–Crippen LogP) is 0.570.